The van der Waals surface area contributed by atoms with E-state index in [4.69, 9.17) is 16.6 Å². The van der Waals surface area contributed by atoms with Crippen molar-refractivity contribution in [3.8, 4) is 5.75 Å². The van der Waals surface area contributed by atoms with Crippen molar-refractivity contribution in [3.63, 3.8) is 0 Å². The first kappa shape index (κ1) is 41.3. The number of phenolic OH excluding ortho intramolecular Hbond substituents is 1. The van der Waals surface area contributed by atoms with E-state index in [9.17, 15) is 24.3 Å². The molecule has 3 amide bonds. The number of carbonyl (C=O) groups excluding carboxylic acids is 4. The van der Waals surface area contributed by atoms with Crippen LogP contribution in [0.1, 0.15) is 84.2 Å². The number of hydrogen-bond donors (Lipinski definition) is 5. The lowest BCUT2D eigenvalue weighted by Crippen LogP contribution is -2.51. The summed E-state index contributed by atoms with van der Waals surface area (Å²) in [6.45, 7) is 7.65. The Labute approximate surface area is 329 Å². The lowest BCUT2D eigenvalue weighted by molar-refractivity contribution is -0.124. The molecule has 6 rings (SSSR count). The highest BCUT2D eigenvalue weighted by Crippen LogP contribution is 2.36. The fraction of sp³-hybridized carbons (Fsp3) is 0.395. The number of phenols is 1. The average Bonchev–Trinajstić information content (AvgIpc) is 3.49. The molecule has 3 aromatic rings. The van der Waals surface area contributed by atoms with E-state index in [0.29, 0.717) is 34.7 Å². The van der Waals surface area contributed by atoms with Gasteiger partial charge in [-0.3, -0.25) is 24.7 Å². The molecule has 0 saturated carbocycles. The summed E-state index contributed by atoms with van der Waals surface area (Å²) in [5.41, 5.74) is 9.86. The van der Waals surface area contributed by atoms with E-state index >= 15 is 0 Å². The number of amidine groups is 1. The van der Waals surface area contributed by atoms with Crippen molar-refractivity contribution < 1.29 is 24.3 Å². The molecular weight excluding hydrogens is 709 g/mol. The monoisotopic (exact) mass is 762 g/mol. The fourth-order valence-corrected chi connectivity index (χ4v) is 8.05. The number of carbonyl (C=O) groups is 4. The van der Waals surface area contributed by atoms with Crippen molar-refractivity contribution in [2.75, 3.05) is 50.1 Å². The largest absolute Gasteiger partial charge is 0.507 e. The van der Waals surface area contributed by atoms with Gasteiger partial charge in [0.1, 0.15) is 23.9 Å². The van der Waals surface area contributed by atoms with Gasteiger partial charge in [-0.2, -0.15) is 0 Å². The zero-order valence-electron chi connectivity index (χ0n) is 32.8. The van der Waals surface area contributed by atoms with Gasteiger partial charge in [-0.05, 0) is 80.1 Å². The number of benzene rings is 3. The smallest absolute Gasteiger partial charge is 0.264 e. The predicted octanol–water partition coefficient (Wildman–Crippen LogP) is 5.07. The van der Waals surface area contributed by atoms with Gasteiger partial charge in [0.2, 0.25) is 5.91 Å². The third-order valence-corrected chi connectivity index (χ3v) is 11.1. The summed E-state index contributed by atoms with van der Waals surface area (Å²) in [7, 11) is 3.42. The van der Waals surface area contributed by atoms with Crippen molar-refractivity contribution in [2.24, 2.45) is 5.73 Å². The molecule has 56 heavy (non-hydrogen) atoms. The first-order valence-electron chi connectivity index (χ1n) is 19.4. The third-order valence-electron chi connectivity index (χ3n) is 11.1. The summed E-state index contributed by atoms with van der Waals surface area (Å²) < 4.78 is 0. The van der Waals surface area contributed by atoms with Crippen LogP contribution in [0.3, 0.4) is 0 Å². The first-order chi connectivity index (χ1) is 27.0. The lowest BCUT2D eigenvalue weighted by Gasteiger charge is -2.44. The van der Waals surface area contributed by atoms with Crippen molar-refractivity contribution in [1.82, 2.24) is 15.1 Å². The summed E-state index contributed by atoms with van der Waals surface area (Å²) in [5, 5.41) is 29.3. The van der Waals surface area contributed by atoms with Gasteiger partial charge in [-0.15, -0.1) is 0 Å². The Kier molecular flexibility index (Phi) is 13.8. The SMILES string of the molecule is CC.CNC(=O)C(CCC=O)N1C(=O)c2cccc(N(C)C3CCN(C4CCN(c5ccc(/C(=C/C(=N)c6ccccc6O)C(=N)N)cc5)CC4)CC3)c2C1=O. The second-order valence-corrected chi connectivity index (χ2v) is 14.1. The Bertz CT molecular complexity index is 1960. The average molecular weight is 763 g/mol. The molecule has 0 radical (unpaired) electrons. The van der Waals surface area contributed by atoms with Gasteiger partial charge in [-0.1, -0.05) is 44.2 Å². The zero-order chi connectivity index (χ0) is 40.5. The molecule has 0 aromatic heterocycles. The fourth-order valence-electron chi connectivity index (χ4n) is 8.05. The van der Waals surface area contributed by atoms with E-state index in [-0.39, 0.29) is 41.7 Å². The second-order valence-electron chi connectivity index (χ2n) is 14.1. The molecule has 3 heterocycles. The van der Waals surface area contributed by atoms with Crippen LogP contribution in [0.4, 0.5) is 11.4 Å². The maximum Gasteiger partial charge on any atom is 0.264 e. The summed E-state index contributed by atoms with van der Waals surface area (Å²) in [6, 6.07) is 19.4. The second kappa shape index (κ2) is 18.7. The first-order valence-corrected chi connectivity index (χ1v) is 19.4. The molecule has 13 heteroatoms. The van der Waals surface area contributed by atoms with E-state index in [2.05, 4.69) is 20.0 Å². The van der Waals surface area contributed by atoms with Crippen LogP contribution >= 0.6 is 0 Å². The number of amides is 3. The minimum Gasteiger partial charge on any atom is -0.507 e. The Balaban J connectivity index is 0.00000295. The minimum atomic E-state index is -1.06. The Hall–Kier alpha value is -5.82. The topological polar surface area (TPSA) is 187 Å². The molecule has 0 spiro atoms. The van der Waals surface area contributed by atoms with Crippen LogP contribution < -0.4 is 20.9 Å². The number of fused-ring (bicyclic) bond motifs is 1. The molecule has 2 saturated heterocycles. The van der Waals surface area contributed by atoms with Crippen LogP contribution in [0, 0.1) is 10.8 Å². The number of aromatic hydroxyl groups is 1. The van der Waals surface area contributed by atoms with Crippen molar-refractivity contribution in [3.05, 3.63) is 95.1 Å². The summed E-state index contributed by atoms with van der Waals surface area (Å²) in [5.74, 6) is -1.65. The number of rotatable bonds is 13. The number of nitrogens with two attached hydrogens (primary N) is 1. The van der Waals surface area contributed by atoms with Gasteiger partial charge in [0.05, 0.1) is 22.5 Å². The van der Waals surface area contributed by atoms with Crippen LogP contribution in [-0.2, 0) is 9.59 Å². The number of nitrogens with zero attached hydrogens (tertiary/aromatic N) is 4. The molecule has 2 fully saturated rings. The Morgan fingerprint density at radius 1 is 0.946 bits per heavy atom. The number of imide groups is 1. The van der Waals surface area contributed by atoms with Gasteiger partial charge < -0.3 is 41.1 Å². The maximum absolute atomic E-state index is 13.8. The number of likely N-dealkylation sites (N-methyl/N-ethyl adjacent to an activating group) is 1. The molecule has 13 nitrogen and oxygen atoms in total. The van der Waals surface area contributed by atoms with E-state index in [1.807, 2.05) is 51.2 Å². The van der Waals surface area contributed by atoms with Crippen molar-refractivity contribution in [2.45, 2.75) is 70.5 Å². The van der Waals surface area contributed by atoms with E-state index in [1.54, 1.807) is 30.3 Å². The number of nitrogens with one attached hydrogen (secondary N) is 3. The summed E-state index contributed by atoms with van der Waals surface area (Å²) >= 11 is 0. The third kappa shape index (κ3) is 8.68. The standard InChI is InChI=1S/C41H48N8O5.C2H6/c1-45-39(52)35(10-6-24-50)49-40(53)31-8-5-9-34(37(31)41(49)54)46(2)27-16-20-48(21-17-27)29-18-22-47(23-19-29)28-14-12-26(13-15-28)32(38(43)44)25-33(42)30-7-3-4-11-36(30)51;1-2/h3-5,7-9,11-15,24-25,27,29,35,42,51H,6,10,16-23H2,1-2H3,(H3,43,44)(H,45,52);1-2H3/b32-25-,42-33?;. The van der Waals surface area contributed by atoms with Gasteiger partial charge in [0.25, 0.3) is 11.8 Å². The highest BCUT2D eigenvalue weighted by atomic mass is 16.3. The van der Waals surface area contributed by atoms with Crippen LogP contribution in [0.5, 0.6) is 5.75 Å². The number of allylic oxidation sites excluding steroid dienone is 1. The maximum atomic E-state index is 13.8. The molecule has 1 unspecified atom stereocenters. The molecule has 296 valence electrons. The molecule has 3 aliphatic rings. The Morgan fingerprint density at radius 2 is 1.61 bits per heavy atom. The number of anilines is 2. The number of aldehydes is 1. The molecule has 0 bridgehead atoms. The van der Waals surface area contributed by atoms with Crippen LogP contribution in [0.2, 0.25) is 0 Å². The number of para-hydroxylation sites is 1. The lowest BCUT2D eigenvalue weighted by atomic mass is 9.95. The minimum absolute atomic E-state index is 0.000800. The molecule has 6 N–H and O–H groups in total. The molecule has 3 aromatic carbocycles. The highest BCUT2D eigenvalue weighted by molar-refractivity contribution is 6.27. The molecular formula is C43H54N8O5. The van der Waals surface area contributed by atoms with E-state index in [0.717, 1.165) is 68.0 Å². The number of hydrogen-bond acceptors (Lipinski definition) is 10. The quantitative estimate of drug-likeness (QED) is 0.0687. The number of piperidine rings is 2. The van der Waals surface area contributed by atoms with Crippen LogP contribution in [-0.4, -0.2) is 109 Å². The molecule has 0 aliphatic carbocycles. The van der Waals surface area contributed by atoms with Gasteiger partial charge in [0, 0.05) is 75.6 Å². The predicted molar refractivity (Wildman–Crippen MR) is 221 cm³/mol. The van der Waals surface area contributed by atoms with Gasteiger partial charge in [-0.25, -0.2) is 0 Å². The van der Waals surface area contributed by atoms with Gasteiger partial charge >= 0.3 is 0 Å². The van der Waals surface area contributed by atoms with Crippen molar-refractivity contribution in [1.29, 1.82) is 10.8 Å². The van der Waals surface area contributed by atoms with Crippen molar-refractivity contribution >= 4 is 52.5 Å². The molecule has 3 aliphatic heterocycles. The number of likely N-dealkylation sites (tertiary alicyclic amines) is 1. The van der Waals surface area contributed by atoms with Gasteiger partial charge in [0.15, 0.2) is 0 Å². The summed E-state index contributed by atoms with van der Waals surface area (Å²) in [6.07, 6.45) is 6.18. The normalized spacial score (nSPS) is 17.1. The van der Waals surface area contributed by atoms with E-state index in [1.165, 1.54) is 19.2 Å². The summed E-state index contributed by atoms with van der Waals surface area (Å²) in [4.78, 5) is 59.0. The molecule has 1 atom stereocenters. The zero-order valence-corrected chi connectivity index (χ0v) is 32.8. The van der Waals surface area contributed by atoms with Crippen LogP contribution in [0.25, 0.3) is 5.57 Å². The highest BCUT2D eigenvalue weighted by Gasteiger charge is 2.44. The van der Waals surface area contributed by atoms with Crippen LogP contribution in [0.15, 0.2) is 72.8 Å². The Morgan fingerprint density at radius 3 is 2.21 bits per heavy atom. The van der Waals surface area contributed by atoms with E-state index < -0.39 is 23.8 Å².